The minimum Gasteiger partial charge on any atom is -0.491 e. The lowest BCUT2D eigenvalue weighted by Gasteiger charge is -2.09. The summed E-state index contributed by atoms with van der Waals surface area (Å²) >= 11 is 0. The minimum atomic E-state index is -0.647. The van der Waals surface area contributed by atoms with Crippen molar-refractivity contribution in [2.75, 3.05) is 6.61 Å². The Balaban J connectivity index is 1.57. The van der Waals surface area contributed by atoms with Gasteiger partial charge in [0.15, 0.2) is 11.6 Å². The average molecular weight is 439 g/mol. The molecule has 32 heavy (non-hydrogen) atoms. The highest BCUT2D eigenvalue weighted by Crippen LogP contribution is 2.25. The Kier molecular flexibility index (Phi) is 9.33. The van der Waals surface area contributed by atoms with Crippen LogP contribution in [-0.2, 0) is 19.3 Å². The molecule has 0 N–H and O–H groups in total. The molecule has 0 bridgehead atoms. The van der Waals surface area contributed by atoms with E-state index in [2.05, 4.69) is 31.2 Å². The van der Waals surface area contributed by atoms with Gasteiger partial charge in [0.1, 0.15) is 11.1 Å². The molecule has 0 aliphatic carbocycles. The van der Waals surface area contributed by atoms with E-state index in [1.54, 1.807) is 18.2 Å². The van der Waals surface area contributed by atoms with Crippen molar-refractivity contribution in [3.05, 3.63) is 75.6 Å². The van der Waals surface area contributed by atoms with Gasteiger partial charge >= 0.3 is 5.63 Å². The second-order valence-electron chi connectivity index (χ2n) is 8.52. The van der Waals surface area contributed by atoms with Gasteiger partial charge < -0.3 is 9.15 Å². The van der Waals surface area contributed by atoms with Crippen LogP contribution in [-0.4, -0.2) is 6.61 Å². The van der Waals surface area contributed by atoms with E-state index in [4.69, 9.17) is 9.15 Å². The van der Waals surface area contributed by atoms with Crippen LogP contribution in [0, 0.1) is 5.82 Å². The molecule has 0 spiro atoms. The number of fused-ring (bicyclic) bond motifs is 1. The van der Waals surface area contributed by atoms with E-state index in [1.807, 2.05) is 6.92 Å². The number of aryl methyl sites for hydroxylation is 3. The molecule has 0 saturated heterocycles. The van der Waals surface area contributed by atoms with Crippen LogP contribution in [0.15, 0.2) is 51.7 Å². The quantitative estimate of drug-likeness (QED) is 0.261. The van der Waals surface area contributed by atoms with E-state index in [-0.39, 0.29) is 11.1 Å². The Labute approximate surface area is 190 Å². The fraction of sp³-hybridized carbons (Fsp3) is 0.464. The van der Waals surface area contributed by atoms with Gasteiger partial charge in [-0.2, -0.15) is 0 Å². The SMILES string of the molecule is CCCCCCCCc1ccc(CCc2cc3ccc(OCCC)c(F)c3c(=O)o2)cc1. The molecule has 172 valence electrons. The molecular weight excluding hydrogens is 403 g/mol. The molecule has 0 radical (unpaired) electrons. The normalized spacial score (nSPS) is 11.2. The molecular formula is C28H35FO3. The van der Waals surface area contributed by atoms with Gasteiger partial charge in [-0.1, -0.05) is 76.3 Å². The Morgan fingerprint density at radius 2 is 1.50 bits per heavy atom. The molecule has 3 rings (SSSR count). The second-order valence-corrected chi connectivity index (χ2v) is 8.52. The van der Waals surface area contributed by atoms with Gasteiger partial charge in [-0.3, -0.25) is 0 Å². The number of hydrogen-bond acceptors (Lipinski definition) is 3. The van der Waals surface area contributed by atoms with Crippen LogP contribution in [0.3, 0.4) is 0 Å². The summed E-state index contributed by atoms with van der Waals surface area (Å²) in [5.74, 6) is 0.0259. The summed E-state index contributed by atoms with van der Waals surface area (Å²) in [5, 5.41) is 0.508. The van der Waals surface area contributed by atoms with Crippen LogP contribution < -0.4 is 10.4 Å². The smallest absolute Gasteiger partial charge is 0.346 e. The highest BCUT2D eigenvalue weighted by atomic mass is 19.1. The monoisotopic (exact) mass is 438 g/mol. The molecule has 0 aliphatic rings. The molecule has 3 aromatic rings. The van der Waals surface area contributed by atoms with Gasteiger partial charge in [0.2, 0.25) is 0 Å². The van der Waals surface area contributed by atoms with Gasteiger partial charge in [0, 0.05) is 6.42 Å². The molecule has 1 heterocycles. The van der Waals surface area contributed by atoms with Crippen molar-refractivity contribution in [3.8, 4) is 5.75 Å². The third-order valence-electron chi connectivity index (χ3n) is 5.85. The lowest BCUT2D eigenvalue weighted by Crippen LogP contribution is -2.07. The van der Waals surface area contributed by atoms with Gasteiger partial charge in [0.05, 0.1) is 6.61 Å². The van der Waals surface area contributed by atoms with Crippen molar-refractivity contribution in [3.63, 3.8) is 0 Å². The maximum atomic E-state index is 14.7. The van der Waals surface area contributed by atoms with E-state index in [0.717, 1.165) is 19.3 Å². The standard InChI is InChI=1S/C28H35FO3/c1-3-5-6-7-8-9-10-21-11-13-22(14-12-21)15-17-24-20-23-16-18-25(31-19-4-2)27(29)26(23)28(30)32-24/h11-14,16,18,20H,3-10,15,17,19H2,1-2H3. The molecule has 0 atom stereocenters. The molecule has 0 saturated carbocycles. The van der Waals surface area contributed by atoms with Crippen LogP contribution in [0.1, 0.15) is 75.7 Å². The summed E-state index contributed by atoms with van der Waals surface area (Å²) in [4.78, 5) is 12.4. The molecule has 0 aliphatic heterocycles. The fourth-order valence-electron chi connectivity index (χ4n) is 3.97. The molecule has 2 aromatic carbocycles. The molecule has 0 fully saturated rings. The van der Waals surface area contributed by atoms with Crippen molar-refractivity contribution in [1.82, 2.24) is 0 Å². The van der Waals surface area contributed by atoms with Crippen molar-refractivity contribution in [2.24, 2.45) is 0 Å². The zero-order chi connectivity index (χ0) is 22.8. The molecule has 0 unspecified atom stereocenters. The highest BCUT2D eigenvalue weighted by Gasteiger charge is 2.14. The van der Waals surface area contributed by atoms with E-state index in [1.165, 1.54) is 49.7 Å². The van der Waals surface area contributed by atoms with Crippen molar-refractivity contribution in [2.45, 2.75) is 78.1 Å². The van der Waals surface area contributed by atoms with Gasteiger partial charge in [-0.25, -0.2) is 9.18 Å². The van der Waals surface area contributed by atoms with E-state index in [9.17, 15) is 9.18 Å². The third-order valence-corrected chi connectivity index (χ3v) is 5.85. The third kappa shape index (κ3) is 6.69. The van der Waals surface area contributed by atoms with Crippen LogP contribution in [0.5, 0.6) is 5.75 Å². The summed E-state index contributed by atoms with van der Waals surface area (Å²) in [7, 11) is 0. The first kappa shape index (κ1) is 24.0. The van der Waals surface area contributed by atoms with Crippen molar-refractivity contribution < 1.29 is 13.5 Å². The first-order valence-electron chi connectivity index (χ1n) is 12.1. The minimum absolute atomic E-state index is 0.0404. The number of unbranched alkanes of at least 4 members (excludes halogenated alkanes) is 5. The van der Waals surface area contributed by atoms with E-state index < -0.39 is 11.4 Å². The lowest BCUT2D eigenvalue weighted by atomic mass is 10.0. The summed E-state index contributed by atoms with van der Waals surface area (Å²) in [6.07, 6.45) is 11.1. The largest absolute Gasteiger partial charge is 0.491 e. The molecule has 1 aromatic heterocycles. The van der Waals surface area contributed by atoms with Crippen LogP contribution in [0.4, 0.5) is 4.39 Å². The second kappa shape index (κ2) is 12.4. The van der Waals surface area contributed by atoms with Gasteiger partial charge in [-0.05, 0) is 54.3 Å². The maximum absolute atomic E-state index is 14.7. The average Bonchev–Trinajstić information content (AvgIpc) is 2.80. The topological polar surface area (TPSA) is 39.4 Å². The van der Waals surface area contributed by atoms with Crippen molar-refractivity contribution >= 4 is 10.8 Å². The number of rotatable bonds is 13. The molecule has 0 amide bonds. The Bertz CT molecular complexity index is 1040. The van der Waals surface area contributed by atoms with Crippen molar-refractivity contribution in [1.29, 1.82) is 0 Å². The first-order chi connectivity index (χ1) is 15.6. The highest BCUT2D eigenvalue weighted by molar-refractivity contribution is 5.83. The predicted molar refractivity (Wildman–Crippen MR) is 129 cm³/mol. The molecule has 3 nitrogen and oxygen atoms in total. The van der Waals surface area contributed by atoms with Gasteiger partial charge in [0.25, 0.3) is 0 Å². The zero-order valence-corrected chi connectivity index (χ0v) is 19.4. The van der Waals surface area contributed by atoms with Crippen LogP contribution in [0.2, 0.25) is 0 Å². The number of halogens is 1. The Hall–Kier alpha value is -2.62. The predicted octanol–water partition coefficient (Wildman–Crippen LogP) is 7.41. The number of hydrogen-bond donors (Lipinski definition) is 0. The van der Waals surface area contributed by atoms with E-state index >= 15 is 0 Å². The lowest BCUT2D eigenvalue weighted by molar-refractivity contribution is 0.302. The summed E-state index contributed by atoms with van der Waals surface area (Å²) in [6.45, 7) is 4.60. The van der Waals surface area contributed by atoms with Gasteiger partial charge in [-0.15, -0.1) is 0 Å². The summed E-state index contributed by atoms with van der Waals surface area (Å²) in [6, 6.07) is 13.8. The maximum Gasteiger partial charge on any atom is 0.346 e. The van der Waals surface area contributed by atoms with Crippen LogP contribution >= 0.6 is 0 Å². The Morgan fingerprint density at radius 3 is 2.22 bits per heavy atom. The number of benzene rings is 2. The fourth-order valence-corrected chi connectivity index (χ4v) is 3.97. The first-order valence-corrected chi connectivity index (χ1v) is 12.1. The summed E-state index contributed by atoms with van der Waals surface area (Å²) in [5.41, 5.74) is 1.93. The summed E-state index contributed by atoms with van der Waals surface area (Å²) < 4.78 is 25.5. The number of ether oxygens (including phenoxy) is 1. The van der Waals surface area contributed by atoms with E-state index in [0.29, 0.717) is 24.2 Å². The molecule has 4 heteroatoms. The Morgan fingerprint density at radius 1 is 0.812 bits per heavy atom. The zero-order valence-electron chi connectivity index (χ0n) is 19.4. The van der Waals surface area contributed by atoms with Crippen LogP contribution in [0.25, 0.3) is 10.8 Å².